The fourth-order valence-electron chi connectivity index (χ4n) is 2.10. The van der Waals surface area contributed by atoms with Gasteiger partial charge in [0.05, 0.1) is 18.5 Å². The van der Waals surface area contributed by atoms with E-state index in [1.165, 1.54) is 0 Å². The van der Waals surface area contributed by atoms with Crippen molar-refractivity contribution in [2.45, 2.75) is 40.2 Å². The molecule has 1 unspecified atom stereocenters. The number of aliphatic imine (C=N–C) groups is 1. The molecule has 25 heavy (non-hydrogen) atoms. The van der Waals surface area contributed by atoms with Crippen molar-refractivity contribution in [2.24, 2.45) is 10.4 Å². The van der Waals surface area contributed by atoms with Gasteiger partial charge < -0.3 is 25.5 Å². The normalized spacial score (nSPS) is 14.3. The minimum absolute atomic E-state index is 0. The standard InChI is InChI=1S/C17H30N4O3.HI/c1-7-19-15(20-10-16(3,4)14(22)18-6)21-11-17(5,23)13-9-8-12(2)24-13;/h8-9,23H,7,10-11H2,1-6H3,(H,18,22)(H2,19,20,21);1H. The van der Waals surface area contributed by atoms with E-state index < -0.39 is 11.0 Å². The van der Waals surface area contributed by atoms with E-state index in [-0.39, 0.29) is 36.4 Å². The van der Waals surface area contributed by atoms with Gasteiger partial charge >= 0.3 is 0 Å². The molecule has 4 N–H and O–H groups in total. The first-order chi connectivity index (χ1) is 11.1. The molecule has 144 valence electrons. The zero-order valence-electron chi connectivity index (χ0n) is 15.9. The molecule has 1 heterocycles. The van der Waals surface area contributed by atoms with Crippen molar-refractivity contribution in [2.75, 3.05) is 26.7 Å². The largest absolute Gasteiger partial charge is 0.463 e. The van der Waals surface area contributed by atoms with Crippen LogP contribution in [0.15, 0.2) is 21.5 Å². The molecule has 0 saturated carbocycles. The summed E-state index contributed by atoms with van der Waals surface area (Å²) in [5.41, 5.74) is -1.78. The number of rotatable bonds is 7. The van der Waals surface area contributed by atoms with Gasteiger partial charge in [-0.25, -0.2) is 0 Å². The van der Waals surface area contributed by atoms with Crippen molar-refractivity contribution in [1.29, 1.82) is 0 Å². The van der Waals surface area contributed by atoms with Crippen LogP contribution in [0.4, 0.5) is 0 Å². The van der Waals surface area contributed by atoms with Gasteiger partial charge in [-0.15, -0.1) is 24.0 Å². The van der Waals surface area contributed by atoms with Gasteiger partial charge in [0.2, 0.25) is 5.91 Å². The molecule has 0 aliphatic rings. The van der Waals surface area contributed by atoms with Crippen molar-refractivity contribution in [3.8, 4) is 0 Å². The number of amides is 1. The van der Waals surface area contributed by atoms with Crippen LogP contribution in [-0.4, -0.2) is 43.7 Å². The molecule has 0 spiro atoms. The molecule has 8 heteroatoms. The molecule has 0 radical (unpaired) electrons. The predicted molar refractivity (Wildman–Crippen MR) is 110 cm³/mol. The highest BCUT2D eigenvalue weighted by molar-refractivity contribution is 14.0. The number of carbonyl (C=O) groups excluding carboxylic acids is 1. The molecule has 1 aromatic heterocycles. The summed E-state index contributed by atoms with van der Waals surface area (Å²) in [7, 11) is 1.61. The maximum absolute atomic E-state index is 11.8. The van der Waals surface area contributed by atoms with Crippen LogP contribution in [0.3, 0.4) is 0 Å². The van der Waals surface area contributed by atoms with E-state index in [0.717, 1.165) is 5.76 Å². The van der Waals surface area contributed by atoms with Crippen molar-refractivity contribution in [1.82, 2.24) is 16.0 Å². The Morgan fingerprint density at radius 1 is 1.28 bits per heavy atom. The number of nitrogens with one attached hydrogen (secondary N) is 3. The van der Waals surface area contributed by atoms with E-state index >= 15 is 0 Å². The number of guanidine groups is 1. The number of carbonyl (C=O) groups is 1. The number of nitrogens with zero attached hydrogens (tertiary/aromatic N) is 1. The molecule has 0 bridgehead atoms. The highest BCUT2D eigenvalue weighted by Gasteiger charge is 2.28. The van der Waals surface area contributed by atoms with Crippen LogP contribution in [0.5, 0.6) is 0 Å². The minimum Gasteiger partial charge on any atom is -0.463 e. The summed E-state index contributed by atoms with van der Waals surface area (Å²) in [6.07, 6.45) is 0. The number of furan rings is 1. The van der Waals surface area contributed by atoms with Crippen LogP contribution in [-0.2, 0) is 10.4 Å². The molecule has 0 aliphatic carbocycles. The summed E-state index contributed by atoms with van der Waals surface area (Å²) in [6.45, 7) is 10.4. The number of aliphatic hydroxyl groups is 1. The predicted octanol–water partition coefficient (Wildman–Crippen LogP) is 1.74. The minimum atomic E-state index is -1.17. The van der Waals surface area contributed by atoms with Gasteiger partial charge in [0.25, 0.3) is 0 Å². The van der Waals surface area contributed by atoms with Gasteiger partial charge in [-0.3, -0.25) is 9.79 Å². The van der Waals surface area contributed by atoms with E-state index in [2.05, 4.69) is 20.9 Å². The number of hydrogen-bond donors (Lipinski definition) is 4. The topological polar surface area (TPSA) is 98.9 Å². The van der Waals surface area contributed by atoms with Crippen LogP contribution in [0.1, 0.15) is 39.2 Å². The zero-order chi connectivity index (χ0) is 18.4. The summed E-state index contributed by atoms with van der Waals surface area (Å²) < 4.78 is 5.50. The lowest BCUT2D eigenvalue weighted by Crippen LogP contribution is -2.45. The maximum Gasteiger partial charge on any atom is 0.227 e. The van der Waals surface area contributed by atoms with Crippen molar-refractivity contribution in [3.05, 3.63) is 23.7 Å². The SMILES string of the molecule is CCNC(=NCC(C)(C)C(=O)NC)NCC(C)(O)c1ccc(C)o1.I. The third kappa shape index (κ3) is 7.23. The Balaban J connectivity index is 0.00000576. The third-order valence-corrected chi connectivity index (χ3v) is 3.69. The van der Waals surface area contributed by atoms with Crippen LogP contribution < -0.4 is 16.0 Å². The quantitative estimate of drug-likeness (QED) is 0.279. The van der Waals surface area contributed by atoms with E-state index in [9.17, 15) is 9.90 Å². The van der Waals surface area contributed by atoms with E-state index in [1.54, 1.807) is 20.0 Å². The fraction of sp³-hybridized carbons (Fsp3) is 0.647. The van der Waals surface area contributed by atoms with Crippen LogP contribution in [0.2, 0.25) is 0 Å². The molecule has 1 rings (SSSR count). The van der Waals surface area contributed by atoms with Crippen LogP contribution >= 0.6 is 24.0 Å². The van der Waals surface area contributed by atoms with Gasteiger partial charge in [0.15, 0.2) is 5.96 Å². The van der Waals surface area contributed by atoms with Crippen molar-refractivity contribution < 1.29 is 14.3 Å². The van der Waals surface area contributed by atoms with E-state index in [4.69, 9.17) is 4.42 Å². The molecule has 0 fully saturated rings. The lowest BCUT2D eigenvalue weighted by atomic mass is 9.93. The molecule has 1 aromatic rings. The summed E-state index contributed by atoms with van der Waals surface area (Å²) in [6, 6.07) is 3.57. The number of aryl methyl sites for hydroxylation is 1. The molecule has 1 atom stereocenters. The highest BCUT2D eigenvalue weighted by atomic mass is 127. The molecule has 1 amide bonds. The molecule has 7 nitrogen and oxygen atoms in total. The van der Waals surface area contributed by atoms with E-state index in [1.807, 2.05) is 33.8 Å². The summed E-state index contributed by atoms with van der Waals surface area (Å²) in [5, 5.41) is 19.4. The van der Waals surface area contributed by atoms with E-state index in [0.29, 0.717) is 24.8 Å². The van der Waals surface area contributed by atoms with Gasteiger partial charge in [-0.2, -0.15) is 0 Å². The Bertz CT molecular complexity index is 582. The Morgan fingerprint density at radius 3 is 2.40 bits per heavy atom. The Hall–Kier alpha value is -1.29. The summed E-state index contributed by atoms with van der Waals surface area (Å²) in [4.78, 5) is 16.3. The number of halogens is 1. The van der Waals surface area contributed by atoms with Crippen molar-refractivity contribution in [3.63, 3.8) is 0 Å². The summed E-state index contributed by atoms with van der Waals surface area (Å²) >= 11 is 0. The molecule has 0 saturated heterocycles. The second kappa shape index (κ2) is 10.0. The van der Waals surface area contributed by atoms with Gasteiger partial charge in [-0.1, -0.05) is 0 Å². The molecular weight excluding hydrogens is 435 g/mol. The molecular formula is C17H31IN4O3. The Kier molecular flexibility index (Phi) is 9.49. The zero-order valence-corrected chi connectivity index (χ0v) is 18.2. The monoisotopic (exact) mass is 466 g/mol. The first-order valence-corrected chi connectivity index (χ1v) is 8.16. The van der Waals surface area contributed by atoms with Gasteiger partial charge in [0, 0.05) is 13.6 Å². The summed E-state index contributed by atoms with van der Waals surface area (Å²) in [5.74, 6) is 1.71. The Labute approximate surface area is 167 Å². The van der Waals surface area contributed by atoms with Gasteiger partial charge in [-0.05, 0) is 46.8 Å². The molecule has 0 aromatic carbocycles. The maximum atomic E-state index is 11.8. The lowest BCUT2D eigenvalue weighted by molar-refractivity contribution is -0.128. The third-order valence-electron chi connectivity index (χ3n) is 3.69. The molecule has 0 aliphatic heterocycles. The van der Waals surface area contributed by atoms with Gasteiger partial charge in [0.1, 0.15) is 17.1 Å². The average Bonchev–Trinajstić information content (AvgIpc) is 2.96. The average molecular weight is 466 g/mol. The van der Waals surface area contributed by atoms with Crippen LogP contribution in [0.25, 0.3) is 0 Å². The number of hydrogen-bond acceptors (Lipinski definition) is 4. The second-order valence-electron chi connectivity index (χ2n) is 6.70. The Morgan fingerprint density at radius 2 is 1.92 bits per heavy atom. The fourth-order valence-corrected chi connectivity index (χ4v) is 2.10. The van der Waals surface area contributed by atoms with Crippen LogP contribution in [0, 0.1) is 12.3 Å². The first-order valence-electron chi connectivity index (χ1n) is 8.16. The first kappa shape index (κ1) is 23.7. The van der Waals surface area contributed by atoms with Crippen molar-refractivity contribution >= 4 is 35.8 Å². The smallest absolute Gasteiger partial charge is 0.227 e. The second-order valence-corrected chi connectivity index (χ2v) is 6.70. The lowest BCUT2D eigenvalue weighted by Gasteiger charge is -2.24. The highest BCUT2D eigenvalue weighted by Crippen LogP contribution is 2.22.